The highest BCUT2D eigenvalue weighted by atomic mass is 19.1. The van der Waals surface area contributed by atoms with Crippen LogP contribution in [0, 0.1) is 19.7 Å². The zero-order valence-corrected chi connectivity index (χ0v) is 11.5. The molecule has 0 spiro atoms. The maximum atomic E-state index is 14.2. The Bertz CT molecular complexity index is 720. The van der Waals surface area contributed by atoms with Crippen molar-refractivity contribution in [2.45, 2.75) is 19.9 Å². The van der Waals surface area contributed by atoms with Crippen molar-refractivity contribution in [3.05, 3.63) is 70.7 Å². The van der Waals surface area contributed by atoms with Crippen molar-refractivity contribution in [2.24, 2.45) is 5.73 Å². The third-order valence-corrected chi connectivity index (χ3v) is 3.54. The number of hydrogen-bond donors (Lipinski definition) is 1. The average molecular weight is 269 g/mol. The Labute approximate surface area is 117 Å². The topological polar surface area (TPSA) is 39.2 Å². The van der Waals surface area contributed by atoms with Crippen molar-refractivity contribution in [1.29, 1.82) is 0 Å². The van der Waals surface area contributed by atoms with Gasteiger partial charge < -0.3 is 10.2 Å². The fourth-order valence-electron chi connectivity index (χ4n) is 2.62. The zero-order valence-electron chi connectivity index (χ0n) is 11.5. The van der Waals surface area contributed by atoms with Gasteiger partial charge in [0.25, 0.3) is 0 Å². The lowest BCUT2D eigenvalue weighted by Crippen LogP contribution is -2.14. The van der Waals surface area contributed by atoms with Gasteiger partial charge in [-0.1, -0.05) is 24.3 Å². The Hall–Kier alpha value is -2.13. The van der Waals surface area contributed by atoms with Gasteiger partial charge >= 0.3 is 0 Å². The average Bonchev–Trinajstić information content (AvgIpc) is 2.81. The summed E-state index contributed by atoms with van der Waals surface area (Å²) in [5.41, 5.74) is 9.19. The van der Waals surface area contributed by atoms with Crippen molar-refractivity contribution in [2.75, 3.05) is 0 Å². The van der Waals surface area contributed by atoms with Crippen LogP contribution < -0.4 is 5.73 Å². The molecule has 102 valence electrons. The number of nitrogens with two attached hydrogens (primary N) is 1. The summed E-state index contributed by atoms with van der Waals surface area (Å²) in [6.07, 6.45) is 0. The third-order valence-electron chi connectivity index (χ3n) is 3.54. The minimum atomic E-state index is -0.594. The smallest absolute Gasteiger partial charge is 0.134 e. The van der Waals surface area contributed by atoms with Crippen LogP contribution in [-0.2, 0) is 0 Å². The van der Waals surface area contributed by atoms with Gasteiger partial charge in [0.15, 0.2) is 0 Å². The molecule has 0 amide bonds. The van der Waals surface area contributed by atoms with E-state index in [2.05, 4.69) is 0 Å². The second-order valence-corrected chi connectivity index (χ2v) is 5.14. The normalized spacial score (nSPS) is 12.8. The van der Waals surface area contributed by atoms with Gasteiger partial charge in [0.1, 0.15) is 17.2 Å². The van der Waals surface area contributed by atoms with Crippen LogP contribution in [0.3, 0.4) is 0 Å². The molecule has 2 nitrogen and oxygen atoms in total. The molecule has 0 aliphatic carbocycles. The van der Waals surface area contributed by atoms with Gasteiger partial charge in [0.2, 0.25) is 0 Å². The molecule has 0 bridgehead atoms. The van der Waals surface area contributed by atoms with Gasteiger partial charge in [-0.15, -0.1) is 0 Å². The Morgan fingerprint density at radius 3 is 2.55 bits per heavy atom. The summed E-state index contributed by atoms with van der Waals surface area (Å²) in [4.78, 5) is 0. The number of fused-ring (bicyclic) bond motifs is 1. The summed E-state index contributed by atoms with van der Waals surface area (Å²) in [6, 6.07) is 12.4. The van der Waals surface area contributed by atoms with Gasteiger partial charge in [-0.2, -0.15) is 0 Å². The first kappa shape index (κ1) is 12.9. The van der Waals surface area contributed by atoms with Crippen molar-refractivity contribution >= 4 is 11.0 Å². The van der Waals surface area contributed by atoms with Crippen LogP contribution in [0.4, 0.5) is 4.39 Å². The van der Waals surface area contributed by atoms with Crippen LogP contribution in [0.5, 0.6) is 0 Å². The predicted octanol–water partition coefficient (Wildman–Crippen LogP) is 4.24. The molecule has 3 heteroatoms. The number of rotatable bonds is 2. The summed E-state index contributed by atoms with van der Waals surface area (Å²) in [6.45, 7) is 3.74. The maximum Gasteiger partial charge on any atom is 0.134 e. The first-order valence-electron chi connectivity index (χ1n) is 6.57. The minimum Gasteiger partial charge on any atom is -0.459 e. The first-order chi connectivity index (χ1) is 9.56. The molecule has 1 heterocycles. The molecule has 20 heavy (non-hydrogen) atoms. The highest BCUT2D eigenvalue weighted by Gasteiger charge is 2.20. The molecule has 3 aromatic rings. The Kier molecular flexibility index (Phi) is 3.07. The molecule has 2 N–H and O–H groups in total. The fourth-order valence-corrected chi connectivity index (χ4v) is 2.62. The minimum absolute atomic E-state index is 0.282. The molecule has 0 radical (unpaired) electrons. The molecule has 3 rings (SSSR count). The number of aryl methyl sites for hydroxylation is 2. The third kappa shape index (κ3) is 2.10. The van der Waals surface area contributed by atoms with Crippen molar-refractivity contribution < 1.29 is 8.81 Å². The molecule has 2 aromatic carbocycles. The fraction of sp³-hybridized carbons (Fsp3) is 0.176. The van der Waals surface area contributed by atoms with E-state index in [4.69, 9.17) is 10.2 Å². The zero-order chi connectivity index (χ0) is 14.3. The van der Waals surface area contributed by atoms with Crippen LogP contribution in [0.15, 0.2) is 46.9 Å². The van der Waals surface area contributed by atoms with Crippen LogP contribution in [-0.4, -0.2) is 0 Å². The van der Waals surface area contributed by atoms with E-state index in [0.717, 1.165) is 22.1 Å². The van der Waals surface area contributed by atoms with E-state index >= 15 is 0 Å². The van der Waals surface area contributed by atoms with Gasteiger partial charge in [-0.25, -0.2) is 4.39 Å². The molecular weight excluding hydrogens is 253 g/mol. The van der Waals surface area contributed by atoms with E-state index in [1.165, 1.54) is 6.07 Å². The van der Waals surface area contributed by atoms with Crippen LogP contribution in [0.25, 0.3) is 11.0 Å². The van der Waals surface area contributed by atoms with Gasteiger partial charge in [-0.3, -0.25) is 0 Å². The second-order valence-electron chi connectivity index (χ2n) is 5.14. The van der Waals surface area contributed by atoms with E-state index in [1.54, 1.807) is 0 Å². The Morgan fingerprint density at radius 1 is 1.10 bits per heavy atom. The van der Waals surface area contributed by atoms with Crippen molar-refractivity contribution in [1.82, 2.24) is 0 Å². The predicted molar refractivity (Wildman–Crippen MR) is 78.1 cm³/mol. The quantitative estimate of drug-likeness (QED) is 0.756. The summed E-state index contributed by atoms with van der Waals surface area (Å²) in [5.74, 6) is 0.299. The van der Waals surface area contributed by atoms with Crippen molar-refractivity contribution in [3.8, 4) is 0 Å². The monoisotopic (exact) mass is 269 g/mol. The highest BCUT2D eigenvalue weighted by Crippen LogP contribution is 2.30. The largest absolute Gasteiger partial charge is 0.459 e. The molecule has 1 aromatic heterocycles. The second kappa shape index (κ2) is 4.76. The Morgan fingerprint density at radius 2 is 1.85 bits per heavy atom. The van der Waals surface area contributed by atoms with Crippen LogP contribution in [0.1, 0.15) is 28.5 Å². The lowest BCUT2D eigenvalue weighted by Gasteiger charge is -2.14. The summed E-state index contributed by atoms with van der Waals surface area (Å²) in [5, 5.41) is 0.975. The van der Waals surface area contributed by atoms with Gasteiger partial charge in [0.05, 0.1) is 6.04 Å². The van der Waals surface area contributed by atoms with Gasteiger partial charge in [-0.05, 0) is 43.2 Å². The first-order valence-corrected chi connectivity index (χ1v) is 6.57. The molecule has 0 fully saturated rings. The summed E-state index contributed by atoms with van der Waals surface area (Å²) >= 11 is 0. The molecule has 0 aliphatic heterocycles. The molecule has 0 aliphatic rings. The summed E-state index contributed by atoms with van der Waals surface area (Å²) in [7, 11) is 0. The number of para-hydroxylation sites is 1. The maximum absolute atomic E-state index is 14.2. The number of furan rings is 1. The molecular formula is C17H16FNO. The molecule has 0 saturated heterocycles. The standard InChI is InChI=1S/C17H16FNO/c1-10-7-11(2)16(13(18)8-10)17(19)15-9-12-5-3-4-6-14(12)20-15/h3-9,17H,19H2,1-2H3. The van der Waals surface area contributed by atoms with Crippen molar-refractivity contribution in [3.63, 3.8) is 0 Å². The SMILES string of the molecule is Cc1cc(C)c(C(N)c2cc3ccccc3o2)c(F)c1. The Balaban J connectivity index is 2.10. The number of benzene rings is 2. The van der Waals surface area contributed by atoms with Crippen LogP contribution in [0.2, 0.25) is 0 Å². The molecule has 1 atom stereocenters. The van der Waals surface area contributed by atoms with E-state index < -0.39 is 6.04 Å². The van der Waals surface area contributed by atoms with E-state index in [9.17, 15) is 4.39 Å². The number of hydrogen-bond acceptors (Lipinski definition) is 2. The molecule has 1 unspecified atom stereocenters. The van der Waals surface area contributed by atoms with Gasteiger partial charge in [0, 0.05) is 10.9 Å². The number of halogens is 1. The van der Waals surface area contributed by atoms with E-state index in [0.29, 0.717) is 11.3 Å². The lowest BCUT2D eigenvalue weighted by molar-refractivity contribution is 0.508. The lowest BCUT2D eigenvalue weighted by atomic mass is 9.97. The molecule has 0 saturated carbocycles. The van der Waals surface area contributed by atoms with E-state index in [1.807, 2.05) is 50.2 Å². The van der Waals surface area contributed by atoms with Crippen LogP contribution >= 0.6 is 0 Å². The summed E-state index contributed by atoms with van der Waals surface area (Å²) < 4.78 is 19.9. The van der Waals surface area contributed by atoms with E-state index in [-0.39, 0.29) is 5.82 Å². The highest BCUT2D eigenvalue weighted by molar-refractivity contribution is 5.78.